The van der Waals surface area contributed by atoms with Crippen LogP contribution in [0.3, 0.4) is 0 Å². The third-order valence-corrected chi connectivity index (χ3v) is 8.64. The van der Waals surface area contributed by atoms with Gasteiger partial charge in [-0.2, -0.15) is 0 Å². The van der Waals surface area contributed by atoms with Gasteiger partial charge < -0.3 is 24.5 Å². The number of likely N-dealkylation sites (tertiary alicyclic amines) is 1. The molecule has 0 radical (unpaired) electrons. The van der Waals surface area contributed by atoms with E-state index < -0.39 is 29.1 Å². The third kappa shape index (κ3) is 4.36. The van der Waals surface area contributed by atoms with Gasteiger partial charge in [-0.25, -0.2) is 0 Å². The minimum absolute atomic E-state index is 0.0231. The summed E-state index contributed by atoms with van der Waals surface area (Å²) in [5, 5.41) is 10.4. The van der Waals surface area contributed by atoms with Crippen LogP contribution in [0.1, 0.15) is 39.5 Å². The molecule has 4 rings (SSSR count). The number of rotatable bonds is 12. The van der Waals surface area contributed by atoms with Gasteiger partial charge in [0.1, 0.15) is 11.6 Å². The van der Waals surface area contributed by atoms with Crippen molar-refractivity contribution < 1.29 is 24.2 Å². The van der Waals surface area contributed by atoms with Crippen molar-refractivity contribution in [1.82, 2.24) is 9.80 Å². The number of amides is 3. The molecule has 0 saturated carbocycles. The van der Waals surface area contributed by atoms with Crippen molar-refractivity contribution in [2.24, 2.45) is 11.8 Å². The van der Waals surface area contributed by atoms with Gasteiger partial charge in [-0.3, -0.25) is 14.4 Å². The number of halogens is 1. The van der Waals surface area contributed by atoms with E-state index in [1.54, 1.807) is 46.2 Å². The predicted molar refractivity (Wildman–Crippen MR) is 147 cm³/mol. The molecule has 1 spiro atoms. The van der Waals surface area contributed by atoms with Gasteiger partial charge in [-0.1, -0.05) is 37.6 Å². The Morgan fingerprint density at radius 3 is 2.42 bits per heavy atom. The SMILES string of the molecule is C=CCN(CCC)C(=O)[C@@H]1[C@H]2C(=O)N(CCO)C(C(=O)N(CC=C)c3ccc(Cl)cc3)C23CC[C@@]1(CC)O3. The molecule has 2 bridgehead atoms. The van der Waals surface area contributed by atoms with E-state index in [0.717, 1.165) is 6.42 Å². The maximum absolute atomic E-state index is 14.4. The highest BCUT2D eigenvalue weighted by molar-refractivity contribution is 6.30. The van der Waals surface area contributed by atoms with E-state index in [-0.39, 0.29) is 37.4 Å². The maximum Gasteiger partial charge on any atom is 0.253 e. The molecule has 3 heterocycles. The zero-order valence-electron chi connectivity index (χ0n) is 22.3. The van der Waals surface area contributed by atoms with E-state index in [2.05, 4.69) is 13.2 Å². The summed E-state index contributed by atoms with van der Waals surface area (Å²) in [5.41, 5.74) is -1.36. The summed E-state index contributed by atoms with van der Waals surface area (Å²) >= 11 is 6.09. The number of fused-ring (bicyclic) bond motifs is 1. The number of carbonyl (C=O) groups is 3. The molecule has 5 atom stereocenters. The summed E-state index contributed by atoms with van der Waals surface area (Å²) < 4.78 is 6.81. The maximum atomic E-state index is 14.4. The van der Waals surface area contributed by atoms with Gasteiger partial charge in [-0.15, -0.1) is 13.2 Å². The quantitative estimate of drug-likeness (QED) is 0.408. The number of aliphatic hydroxyl groups is 1. The van der Waals surface area contributed by atoms with Crippen LogP contribution in [-0.4, -0.2) is 82.7 Å². The van der Waals surface area contributed by atoms with Gasteiger partial charge in [0, 0.05) is 36.9 Å². The Balaban J connectivity index is 1.80. The number of hydrogen-bond donors (Lipinski definition) is 1. The summed E-state index contributed by atoms with van der Waals surface area (Å²) in [7, 11) is 0. The minimum Gasteiger partial charge on any atom is -0.395 e. The van der Waals surface area contributed by atoms with Gasteiger partial charge >= 0.3 is 0 Å². The van der Waals surface area contributed by atoms with E-state index in [1.807, 2.05) is 13.8 Å². The standard InChI is InChI=1S/C29H38ClN3O5/c1-5-15-31(16-6-2)25(35)22-23-26(36)33(18-19-34)24(29(23)14-13-28(22,8-4)38-29)27(37)32(17-7-3)21-11-9-20(30)10-12-21/h5,7,9-12,22-24,34H,1,3,6,8,13-19H2,2,4H3/t22-,23-,24?,28+,29?/m0/s1. The zero-order valence-corrected chi connectivity index (χ0v) is 23.0. The lowest BCUT2D eigenvalue weighted by Crippen LogP contribution is -2.57. The van der Waals surface area contributed by atoms with E-state index >= 15 is 0 Å². The fourth-order valence-electron chi connectivity index (χ4n) is 6.86. The minimum atomic E-state index is -1.16. The first-order valence-corrected chi connectivity index (χ1v) is 13.8. The van der Waals surface area contributed by atoms with Crippen molar-refractivity contribution in [3.63, 3.8) is 0 Å². The molecule has 38 heavy (non-hydrogen) atoms. The molecule has 3 fully saturated rings. The molecule has 9 heteroatoms. The van der Waals surface area contributed by atoms with Crippen LogP contribution in [-0.2, 0) is 19.1 Å². The van der Waals surface area contributed by atoms with Crippen molar-refractivity contribution in [2.75, 3.05) is 37.7 Å². The van der Waals surface area contributed by atoms with E-state index in [4.69, 9.17) is 16.3 Å². The Bertz CT molecular complexity index is 1090. The normalized spacial score (nSPS) is 29.3. The molecule has 8 nitrogen and oxygen atoms in total. The van der Waals surface area contributed by atoms with Crippen molar-refractivity contribution in [3.8, 4) is 0 Å². The molecule has 2 unspecified atom stereocenters. The van der Waals surface area contributed by atoms with Crippen LogP contribution < -0.4 is 4.90 Å². The molecule has 3 amide bonds. The van der Waals surface area contributed by atoms with Crippen molar-refractivity contribution >= 4 is 35.0 Å². The van der Waals surface area contributed by atoms with Crippen molar-refractivity contribution in [3.05, 3.63) is 54.6 Å². The molecular weight excluding hydrogens is 506 g/mol. The number of anilines is 1. The number of ether oxygens (including phenoxy) is 1. The van der Waals surface area contributed by atoms with Crippen LogP contribution in [0.25, 0.3) is 0 Å². The molecule has 1 aromatic rings. The second-order valence-corrected chi connectivity index (χ2v) is 10.8. The largest absolute Gasteiger partial charge is 0.395 e. The number of carbonyl (C=O) groups excluding carboxylic acids is 3. The number of hydrogen-bond acceptors (Lipinski definition) is 5. The fourth-order valence-corrected chi connectivity index (χ4v) is 6.98. The topological polar surface area (TPSA) is 90.4 Å². The highest BCUT2D eigenvalue weighted by Crippen LogP contribution is 2.64. The Kier molecular flexibility index (Phi) is 8.35. The Hall–Kier alpha value is -2.68. The van der Waals surface area contributed by atoms with Gasteiger partial charge in [0.2, 0.25) is 11.8 Å². The summed E-state index contributed by atoms with van der Waals surface area (Å²) in [6.45, 7) is 12.4. The smallest absolute Gasteiger partial charge is 0.253 e. The lowest BCUT2D eigenvalue weighted by Gasteiger charge is -2.37. The Morgan fingerprint density at radius 2 is 1.84 bits per heavy atom. The lowest BCUT2D eigenvalue weighted by molar-refractivity contribution is -0.151. The molecule has 3 aliphatic heterocycles. The van der Waals surface area contributed by atoms with Gasteiger partial charge in [0.05, 0.1) is 24.0 Å². The third-order valence-electron chi connectivity index (χ3n) is 8.39. The summed E-state index contributed by atoms with van der Waals surface area (Å²) in [6.07, 6.45) is 5.70. The van der Waals surface area contributed by atoms with E-state index in [0.29, 0.717) is 43.1 Å². The van der Waals surface area contributed by atoms with E-state index in [1.165, 1.54) is 4.90 Å². The molecular formula is C29H38ClN3O5. The number of β-amino-alcohol motifs (C(OH)–C–C–N with tert-alkyl or cyclic N) is 1. The monoisotopic (exact) mass is 543 g/mol. The summed E-state index contributed by atoms with van der Waals surface area (Å²) in [6, 6.07) is 5.92. The van der Waals surface area contributed by atoms with Crippen LogP contribution >= 0.6 is 11.6 Å². The second-order valence-electron chi connectivity index (χ2n) is 10.4. The van der Waals surface area contributed by atoms with Crippen LogP contribution in [0.2, 0.25) is 5.02 Å². The molecule has 0 aromatic heterocycles. The van der Waals surface area contributed by atoms with Crippen molar-refractivity contribution in [1.29, 1.82) is 0 Å². The second kappa shape index (κ2) is 11.2. The molecule has 0 aliphatic carbocycles. The first-order valence-electron chi connectivity index (χ1n) is 13.4. The van der Waals surface area contributed by atoms with Crippen LogP contribution in [0.15, 0.2) is 49.6 Å². The molecule has 3 saturated heterocycles. The van der Waals surface area contributed by atoms with Crippen molar-refractivity contribution in [2.45, 2.75) is 56.8 Å². The van der Waals surface area contributed by atoms with E-state index in [9.17, 15) is 19.5 Å². The van der Waals surface area contributed by atoms with Gasteiger partial charge in [-0.05, 0) is 49.9 Å². The predicted octanol–water partition coefficient (Wildman–Crippen LogP) is 3.43. The first-order chi connectivity index (χ1) is 18.2. The summed E-state index contributed by atoms with van der Waals surface area (Å²) in [4.78, 5) is 47.2. The highest BCUT2D eigenvalue weighted by atomic mass is 35.5. The molecule has 1 aromatic carbocycles. The lowest BCUT2D eigenvalue weighted by atomic mass is 9.64. The molecule has 1 N–H and O–H groups in total. The van der Waals surface area contributed by atoms with Gasteiger partial charge in [0.25, 0.3) is 5.91 Å². The fraction of sp³-hybridized carbons (Fsp3) is 0.552. The average Bonchev–Trinajstić information content (AvgIpc) is 3.51. The Labute approximate surface area is 229 Å². The highest BCUT2D eigenvalue weighted by Gasteiger charge is 2.79. The molecule has 206 valence electrons. The first kappa shape index (κ1) is 28.3. The number of nitrogens with zero attached hydrogens (tertiary/aromatic N) is 3. The van der Waals surface area contributed by atoms with Gasteiger partial charge in [0.15, 0.2) is 0 Å². The number of aliphatic hydroxyl groups excluding tert-OH is 1. The zero-order chi connectivity index (χ0) is 27.7. The van der Waals surface area contributed by atoms with Crippen LogP contribution in [0.5, 0.6) is 0 Å². The number of benzene rings is 1. The van der Waals surface area contributed by atoms with Crippen LogP contribution in [0.4, 0.5) is 5.69 Å². The molecule has 3 aliphatic rings. The summed E-state index contributed by atoms with van der Waals surface area (Å²) in [5.74, 6) is -2.28. The van der Waals surface area contributed by atoms with Crippen LogP contribution in [0, 0.1) is 11.8 Å². The Morgan fingerprint density at radius 1 is 1.16 bits per heavy atom. The average molecular weight is 544 g/mol.